The highest BCUT2D eigenvalue weighted by Gasteiger charge is 2.13. The van der Waals surface area contributed by atoms with Crippen molar-refractivity contribution in [1.29, 1.82) is 0 Å². The zero-order valence-electron chi connectivity index (χ0n) is 10.5. The molecule has 0 saturated carbocycles. The molecule has 0 unspecified atom stereocenters. The van der Waals surface area contributed by atoms with Gasteiger partial charge in [0.15, 0.2) is 0 Å². The van der Waals surface area contributed by atoms with Crippen LogP contribution in [0.4, 0.5) is 11.4 Å². The fraction of sp³-hybridized carbons (Fsp3) is 0.143. The molecule has 0 spiro atoms. The minimum Gasteiger partial charge on any atom is -0.508 e. The highest BCUT2D eigenvalue weighted by atomic mass is 127. The Labute approximate surface area is 129 Å². The summed E-state index contributed by atoms with van der Waals surface area (Å²) in [6.07, 6.45) is 0.726. The summed E-state index contributed by atoms with van der Waals surface area (Å²) >= 11 is 2.05. The number of nitrogens with one attached hydrogen (secondary N) is 1. The van der Waals surface area contributed by atoms with E-state index in [1.165, 1.54) is 0 Å². The molecular weight excluding hydrogens is 371 g/mol. The second-order valence-corrected chi connectivity index (χ2v) is 5.51. The van der Waals surface area contributed by atoms with Gasteiger partial charge in [-0.3, -0.25) is 10.1 Å². The molecule has 0 aliphatic heterocycles. The van der Waals surface area contributed by atoms with Crippen molar-refractivity contribution in [1.82, 2.24) is 0 Å². The summed E-state index contributed by atoms with van der Waals surface area (Å²) in [5.74, 6) is 0.231. The van der Waals surface area contributed by atoms with E-state index in [1.807, 2.05) is 40.8 Å². The van der Waals surface area contributed by atoms with E-state index in [4.69, 9.17) is 0 Å². The lowest BCUT2D eigenvalue weighted by Crippen LogP contribution is -2.07. The van der Waals surface area contributed by atoms with Gasteiger partial charge in [-0.2, -0.15) is 0 Å². The molecule has 0 aromatic heterocycles. The highest BCUT2D eigenvalue weighted by molar-refractivity contribution is 14.1. The summed E-state index contributed by atoms with van der Waals surface area (Å²) in [7, 11) is 0. The molecule has 0 atom stereocenters. The molecule has 0 saturated heterocycles. The van der Waals surface area contributed by atoms with Crippen molar-refractivity contribution >= 4 is 34.0 Å². The zero-order chi connectivity index (χ0) is 14.5. The van der Waals surface area contributed by atoms with Crippen molar-refractivity contribution in [3.8, 4) is 5.75 Å². The van der Waals surface area contributed by atoms with E-state index in [0.29, 0.717) is 12.2 Å². The molecular formula is C14H13IN2O3. The van der Waals surface area contributed by atoms with Crippen LogP contribution in [0.15, 0.2) is 42.5 Å². The van der Waals surface area contributed by atoms with E-state index in [1.54, 1.807) is 24.3 Å². The van der Waals surface area contributed by atoms with E-state index < -0.39 is 0 Å². The monoisotopic (exact) mass is 384 g/mol. The van der Waals surface area contributed by atoms with Gasteiger partial charge in [-0.05, 0) is 58.8 Å². The Morgan fingerprint density at radius 1 is 1.20 bits per heavy atom. The summed E-state index contributed by atoms with van der Waals surface area (Å²) in [5, 5.41) is 23.2. The van der Waals surface area contributed by atoms with Crippen LogP contribution in [-0.4, -0.2) is 16.6 Å². The van der Waals surface area contributed by atoms with Crippen LogP contribution >= 0.6 is 22.6 Å². The summed E-state index contributed by atoms with van der Waals surface area (Å²) in [6.45, 7) is 0.589. The third-order valence-electron chi connectivity index (χ3n) is 2.82. The first-order chi connectivity index (χ1) is 9.56. The van der Waals surface area contributed by atoms with Crippen LogP contribution in [0.25, 0.3) is 0 Å². The number of nitro groups is 1. The molecule has 0 heterocycles. The van der Waals surface area contributed by atoms with Gasteiger partial charge in [-0.15, -0.1) is 0 Å². The van der Waals surface area contributed by atoms with Gasteiger partial charge in [0.25, 0.3) is 5.69 Å². The maximum Gasteiger partial charge on any atom is 0.293 e. The predicted octanol–water partition coefficient (Wildman–Crippen LogP) is 3.56. The molecule has 0 bridgehead atoms. The Kier molecular flexibility index (Phi) is 4.78. The van der Waals surface area contributed by atoms with E-state index in [2.05, 4.69) is 5.32 Å². The van der Waals surface area contributed by atoms with Crippen LogP contribution < -0.4 is 5.32 Å². The topological polar surface area (TPSA) is 75.4 Å². The number of benzene rings is 2. The van der Waals surface area contributed by atoms with Gasteiger partial charge in [0.2, 0.25) is 0 Å². The first-order valence-corrected chi connectivity index (χ1v) is 7.10. The molecule has 0 amide bonds. The van der Waals surface area contributed by atoms with Crippen molar-refractivity contribution in [2.24, 2.45) is 0 Å². The summed E-state index contributed by atoms with van der Waals surface area (Å²) in [4.78, 5) is 10.6. The van der Waals surface area contributed by atoms with Crippen molar-refractivity contribution in [2.45, 2.75) is 6.42 Å². The third kappa shape index (κ3) is 3.83. The van der Waals surface area contributed by atoms with Crippen molar-refractivity contribution < 1.29 is 10.0 Å². The zero-order valence-corrected chi connectivity index (χ0v) is 12.7. The lowest BCUT2D eigenvalue weighted by atomic mass is 10.1. The number of halogens is 1. The number of rotatable bonds is 5. The van der Waals surface area contributed by atoms with E-state index in [9.17, 15) is 15.2 Å². The quantitative estimate of drug-likeness (QED) is 0.470. The number of hydrogen-bond acceptors (Lipinski definition) is 4. The van der Waals surface area contributed by atoms with Crippen molar-refractivity contribution in [3.63, 3.8) is 0 Å². The molecule has 6 heteroatoms. The van der Waals surface area contributed by atoms with Crippen LogP contribution in [0.1, 0.15) is 5.56 Å². The van der Waals surface area contributed by atoms with Crippen LogP contribution in [0, 0.1) is 13.7 Å². The second-order valence-electron chi connectivity index (χ2n) is 4.26. The minimum absolute atomic E-state index is 0.0857. The SMILES string of the molecule is O=[N+]([O-])c1cc(I)ccc1NCCc1ccc(O)cc1. The van der Waals surface area contributed by atoms with Gasteiger partial charge in [0, 0.05) is 16.2 Å². The molecule has 2 rings (SSSR count). The molecule has 5 nitrogen and oxygen atoms in total. The Bertz CT molecular complexity index is 614. The lowest BCUT2D eigenvalue weighted by Gasteiger charge is -2.07. The number of phenols is 1. The molecule has 0 aliphatic carbocycles. The molecule has 104 valence electrons. The maximum atomic E-state index is 11.0. The Balaban J connectivity index is 2.00. The Morgan fingerprint density at radius 3 is 2.55 bits per heavy atom. The van der Waals surface area contributed by atoms with Crippen LogP contribution in [-0.2, 0) is 6.42 Å². The van der Waals surface area contributed by atoms with Gasteiger partial charge in [-0.1, -0.05) is 12.1 Å². The van der Waals surface area contributed by atoms with Gasteiger partial charge in [0.05, 0.1) is 4.92 Å². The molecule has 0 fully saturated rings. The first-order valence-electron chi connectivity index (χ1n) is 6.02. The van der Waals surface area contributed by atoms with Gasteiger partial charge < -0.3 is 10.4 Å². The number of phenolic OH excluding ortho intramolecular Hbond substituents is 1. The number of aromatic hydroxyl groups is 1. The number of hydrogen-bond donors (Lipinski definition) is 2. The largest absolute Gasteiger partial charge is 0.508 e. The normalized spacial score (nSPS) is 10.2. The minimum atomic E-state index is -0.384. The van der Waals surface area contributed by atoms with E-state index in [0.717, 1.165) is 15.6 Å². The average molecular weight is 384 g/mol. The van der Waals surface area contributed by atoms with Crippen LogP contribution in [0.3, 0.4) is 0 Å². The first kappa shape index (κ1) is 14.6. The van der Waals surface area contributed by atoms with Gasteiger partial charge in [-0.25, -0.2) is 0 Å². The molecule has 2 N–H and O–H groups in total. The maximum absolute atomic E-state index is 11.0. The van der Waals surface area contributed by atoms with Crippen LogP contribution in [0.2, 0.25) is 0 Å². The smallest absolute Gasteiger partial charge is 0.293 e. The number of anilines is 1. The van der Waals surface area contributed by atoms with E-state index >= 15 is 0 Å². The molecule has 2 aromatic carbocycles. The predicted molar refractivity (Wildman–Crippen MR) is 86.1 cm³/mol. The van der Waals surface area contributed by atoms with E-state index in [-0.39, 0.29) is 16.4 Å². The third-order valence-corrected chi connectivity index (χ3v) is 3.49. The molecule has 2 aromatic rings. The Hall–Kier alpha value is -1.83. The highest BCUT2D eigenvalue weighted by Crippen LogP contribution is 2.26. The summed E-state index contributed by atoms with van der Waals surface area (Å²) in [6, 6.07) is 12.0. The molecule has 0 radical (unpaired) electrons. The Morgan fingerprint density at radius 2 is 1.90 bits per heavy atom. The average Bonchev–Trinajstić information content (AvgIpc) is 2.42. The molecule has 0 aliphatic rings. The van der Waals surface area contributed by atoms with Crippen molar-refractivity contribution in [3.05, 3.63) is 61.7 Å². The van der Waals surface area contributed by atoms with Crippen molar-refractivity contribution in [2.75, 3.05) is 11.9 Å². The summed E-state index contributed by atoms with van der Waals surface area (Å²) < 4.78 is 0.832. The second kappa shape index (κ2) is 6.56. The standard InChI is InChI=1S/C14H13IN2O3/c15-11-3-6-13(14(9-11)17(19)20)16-8-7-10-1-4-12(18)5-2-10/h1-6,9,16,18H,7-8H2. The number of nitrogens with zero attached hydrogens (tertiary/aromatic N) is 1. The molecule has 20 heavy (non-hydrogen) atoms. The lowest BCUT2D eigenvalue weighted by molar-refractivity contribution is -0.384. The van der Waals surface area contributed by atoms with Gasteiger partial charge in [0.1, 0.15) is 11.4 Å². The summed E-state index contributed by atoms with van der Waals surface area (Å²) in [5.41, 5.74) is 1.67. The van der Waals surface area contributed by atoms with Crippen LogP contribution in [0.5, 0.6) is 5.75 Å². The number of nitro benzene ring substituents is 1. The fourth-order valence-electron chi connectivity index (χ4n) is 1.81. The fourth-order valence-corrected chi connectivity index (χ4v) is 2.28. The van der Waals surface area contributed by atoms with Gasteiger partial charge >= 0.3 is 0 Å².